The summed E-state index contributed by atoms with van der Waals surface area (Å²) >= 11 is 3.07. The number of nitrogens with one attached hydrogen (secondary N) is 1. The number of benzene rings is 1. The number of aromatic nitrogens is 1. The van der Waals surface area contributed by atoms with E-state index in [1.165, 1.54) is 18.3 Å². The third-order valence-electron chi connectivity index (χ3n) is 3.66. The zero-order chi connectivity index (χ0) is 19.2. The highest BCUT2D eigenvalue weighted by Gasteiger charge is 2.19. The number of hydrogen-bond donors (Lipinski definition) is 1. The fourth-order valence-corrected chi connectivity index (χ4v) is 3.82. The fraction of sp³-hybridized carbons (Fsp3) is 0.211. The van der Waals surface area contributed by atoms with E-state index in [2.05, 4.69) is 10.3 Å². The summed E-state index contributed by atoms with van der Waals surface area (Å²) in [7, 11) is 1.55. The van der Waals surface area contributed by atoms with Gasteiger partial charge >= 0.3 is 5.97 Å². The zero-order valence-electron chi connectivity index (χ0n) is 14.8. The van der Waals surface area contributed by atoms with E-state index in [1.807, 2.05) is 22.2 Å². The molecule has 3 aromatic rings. The van der Waals surface area contributed by atoms with Gasteiger partial charge in [-0.25, -0.2) is 4.98 Å². The van der Waals surface area contributed by atoms with Crippen LogP contribution in [0.4, 0.5) is 5.69 Å². The maximum Gasteiger partial charge on any atom is 0.312 e. The molecule has 6 nitrogen and oxygen atoms in total. The number of ether oxygens (including phenoxy) is 2. The van der Waals surface area contributed by atoms with Crippen LogP contribution in [0.3, 0.4) is 0 Å². The topological polar surface area (TPSA) is 77.5 Å². The average Bonchev–Trinajstić information content (AvgIpc) is 3.33. The molecular formula is C19H18N2O4S2. The zero-order valence-corrected chi connectivity index (χ0v) is 16.4. The molecule has 0 aliphatic rings. The first-order chi connectivity index (χ1) is 13.0. The van der Waals surface area contributed by atoms with Gasteiger partial charge in [0.15, 0.2) is 6.10 Å². The number of carbonyl (C=O) groups excluding carboxylic acids is 2. The second-order valence-electron chi connectivity index (χ2n) is 5.69. The molecule has 2 heterocycles. The van der Waals surface area contributed by atoms with E-state index in [0.29, 0.717) is 17.1 Å². The number of rotatable bonds is 7. The van der Waals surface area contributed by atoms with E-state index < -0.39 is 18.0 Å². The number of thiazole rings is 1. The quantitative estimate of drug-likeness (QED) is 0.605. The highest BCUT2D eigenvalue weighted by molar-refractivity contribution is 7.14. The number of methoxy groups -OCH3 is 1. The maximum atomic E-state index is 12.2. The lowest BCUT2D eigenvalue weighted by atomic mass is 10.2. The van der Waals surface area contributed by atoms with Gasteiger partial charge in [0.1, 0.15) is 10.8 Å². The first-order valence-electron chi connectivity index (χ1n) is 8.16. The van der Waals surface area contributed by atoms with E-state index in [0.717, 1.165) is 10.6 Å². The van der Waals surface area contributed by atoms with Crippen molar-refractivity contribution in [2.24, 2.45) is 0 Å². The average molecular weight is 402 g/mol. The number of anilines is 1. The van der Waals surface area contributed by atoms with Gasteiger partial charge in [-0.2, -0.15) is 11.3 Å². The molecule has 1 N–H and O–H groups in total. The number of esters is 1. The Balaban J connectivity index is 1.53. The predicted molar refractivity (Wildman–Crippen MR) is 106 cm³/mol. The minimum atomic E-state index is -0.918. The van der Waals surface area contributed by atoms with Crippen LogP contribution in [-0.4, -0.2) is 30.1 Å². The Labute approximate surface area is 164 Å². The third kappa shape index (κ3) is 5.15. The van der Waals surface area contributed by atoms with E-state index in [1.54, 1.807) is 42.7 Å². The van der Waals surface area contributed by atoms with Crippen molar-refractivity contribution in [1.82, 2.24) is 4.98 Å². The molecule has 8 heteroatoms. The molecule has 0 saturated heterocycles. The number of hydrogen-bond acceptors (Lipinski definition) is 7. The van der Waals surface area contributed by atoms with Gasteiger partial charge in [-0.15, -0.1) is 11.3 Å². The van der Waals surface area contributed by atoms with Gasteiger partial charge in [0.2, 0.25) is 0 Å². The van der Waals surface area contributed by atoms with Gasteiger partial charge in [0.25, 0.3) is 5.91 Å². The minimum absolute atomic E-state index is 0.0252. The molecule has 0 spiro atoms. The molecule has 0 fully saturated rings. The molecule has 1 atom stereocenters. The SMILES string of the molecule is COc1cccc(NC(=O)[C@@H](C)OC(=O)Cc2csc(-c3ccsc3)n2)c1. The Kier molecular flexibility index (Phi) is 6.20. The second-order valence-corrected chi connectivity index (χ2v) is 7.32. The van der Waals surface area contributed by atoms with Crippen molar-refractivity contribution in [3.05, 3.63) is 52.2 Å². The molecule has 1 aromatic carbocycles. The predicted octanol–water partition coefficient (Wildman–Crippen LogP) is 3.99. The number of amides is 1. The molecular weight excluding hydrogens is 384 g/mol. The van der Waals surface area contributed by atoms with Crippen molar-refractivity contribution < 1.29 is 19.1 Å². The highest BCUT2D eigenvalue weighted by Crippen LogP contribution is 2.26. The Morgan fingerprint density at radius 3 is 2.85 bits per heavy atom. The summed E-state index contributed by atoms with van der Waals surface area (Å²) < 4.78 is 10.3. The smallest absolute Gasteiger partial charge is 0.312 e. The molecule has 27 heavy (non-hydrogen) atoms. The number of nitrogens with zero attached hydrogens (tertiary/aromatic N) is 1. The monoisotopic (exact) mass is 402 g/mol. The molecule has 0 aliphatic carbocycles. The molecule has 0 saturated carbocycles. The summed E-state index contributed by atoms with van der Waals surface area (Å²) in [5.74, 6) is -0.276. The van der Waals surface area contributed by atoms with Crippen LogP contribution in [0.1, 0.15) is 12.6 Å². The molecule has 3 rings (SSSR count). The third-order valence-corrected chi connectivity index (χ3v) is 5.28. The lowest BCUT2D eigenvalue weighted by molar-refractivity contribution is -0.152. The van der Waals surface area contributed by atoms with Crippen LogP contribution in [0.25, 0.3) is 10.6 Å². The summed E-state index contributed by atoms with van der Waals surface area (Å²) in [5.41, 5.74) is 2.24. The summed E-state index contributed by atoms with van der Waals surface area (Å²) in [6, 6.07) is 8.94. The Bertz CT molecular complexity index is 921. The first kappa shape index (κ1) is 19.1. The largest absolute Gasteiger partial charge is 0.497 e. The summed E-state index contributed by atoms with van der Waals surface area (Å²) in [4.78, 5) is 28.8. The molecule has 2 aromatic heterocycles. The van der Waals surface area contributed by atoms with Gasteiger partial charge in [-0.3, -0.25) is 9.59 Å². The van der Waals surface area contributed by atoms with Gasteiger partial charge in [0.05, 0.1) is 19.2 Å². The summed E-state index contributed by atoms with van der Waals surface area (Å²) in [6.45, 7) is 1.53. The standard InChI is InChI=1S/C19H18N2O4S2/c1-12(18(23)20-14-4-3-5-16(8-14)24-2)25-17(22)9-15-11-27-19(21-15)13-6-7-26-10-13/h3-8,10-12H,9H2,1-2H3,(H,20,23)/t12-/m1/s1. The van der Waals surface area contributed by atoms with Crippen LogP contribution in [0.5, 0.6) is 5.75 Å². The normalized spacial score (nSPS) is 11.6. The second kappa shape index (κ2) is 8.79. The molecule has 140 valence electrons. The first-order valence-corrected chi connectivity index (χ1v) is 9.99. The lowest BCUT2D eigenvalue weighted by Crippen LogP contribution is -2.30. The molecule has 0 aliphatic heterocycles. The van der Waals surface area contributed by atoms with Crippen LogP contribution in [0.15, 0.2) is 46.5 Å². The Hall–Kier alpha value is -2.71. The highest BCUT2D eigenvalue weighted by atomic mass is 32.1. The van der Waals surface area contributed by atoms with E-state index in [-0.39, 0.29) is 6.42 Å². The maximum absolute atomic E-state index is 12.2. The van der Waals surface area contributed by atoms with Crippen LogP contribution < -0.4 is 10.1 Å². The van der Waals surface area contributed by atoms with E-state index in [4.69, 9.17) is 9.47 Å². The molecule has 0 unspecified atom stereocenters. The lowest BCUT2D eigenvalue weighted by Gasteiger charge is -2.13. The minimum Gasteiger partial charge on any atom is -0.497 e. The van der Waals surface area contributed by atoms with Crippen molar-refractivity contribution in [2.75, 3.05) is 12.4 Å². The Morgan fingerprint density at radius 1 is 1.26 bits per heavy atom. The number of thiophene rings is 1. The summed E-state index contributed by atoms with van der Waals surface area (Å²) in [5, 5.41) is 9.38. The van der Waals surface area contributed by atoms with Crippen LogP contribution in [0, 0.1) is 0 Å². The van der Waals surface area contributed by atoms with Gasteiger partial charge in [-0.1, -0.05) is 6.07 Å². The van der Waals surface area contributed by atoms with Gasteiger partial charge < -0.3 is 14.8 Å². The van der Waals surface area contributed by atoms with Crippen molar-refractivity contribution in [3.63, 3.8) is 0 Å². The summed E-state index contributed by atoms with van der Waals surface area (Å²) in [6.07, 6.45) is -0.893. The van der Waals surface area contributed by atoms with Crippen LogP contribution >= 0.6 is 22.7 Å². The van der Waals surface area contributed by atoms with Crippen LogP contribution in [-0.2, 0) is 20.7 Å². The fourth-order valence-electron chi connectivity index (χ4n) is 2.29. The Morgan fingerprint density at radius 2 is 2.11 bits per heavy atom. The van der Waals surface area contributed by atoms with Crippen LogP contribution in [0.2, 0.25) is 0 Å². The van der Waals surface area contributed by atoms with Crippen molar-refractivity contribution in [1.29, 1.82) is 0 Å². The van der Waals surface area contributed by atoms with Crippen molar-refractivity contribution in [3.8, 4) is 16.3 Å². The van der Waals surface area contributed by atoms with Crippen molar-refractivity contribution in [2.45, 2.75) is 19.4 Å². The van der Waals surface area contributed by atoms with Gasteiger partial charge in [-0.05, 0) is 30.5 Å². The van der Waals surface area contributed by atoms with E-state index >= 15 is 0 Å². The molecule has 0 radical (unpaired) electrons. The van der Waals surface area contributed by atoms with E-state index in [9.17, 15) is 9.59 Å². The van der Waals surface area contributed by atoms with Gasteiger partial charge in [0, 0.05) is 28.1 Å². The van der Waals surface area contributed by atoms with Crippen molar-refractivity contribution >= 4 is 40.2 Å². The number of carbonyl (C=O) groups is 2. The molecule has 1 amide bonds. The molecule has 0 bridgehead atoms.